The Balaban J connectivity index is 2.05. The van der Waals surface area contributed by atoms with Crippen LogP contribution < -0.4 is 4.74 Å². The number of rotatable bonds is 6. The Morgan fingerprint density at radius 1 is 1.29 bits per heavy atom. The molecule has 0 aliphatic carbocycles. The molecular formula is C15H18F2N2O2. The molecule has 0 radical (unpaired) electrons. The van der Waals surface area contributed by atoms with Crippen LogP contribution >= 0.6 is 0 Å². The SMILES string of the molecule is CCc1cc(CC(O)c2ccc(OC(F)F)cc2)n(C)n1. The van der Waals surface area contributed by atoms with Crippen LogP contribution in [0.3, 0.4) is 0 Å². The average Bonchev–Trinajstić information content (AvgIpc) is 2.79. The number of ether oxygens (including phenoxy) is 1. The zero-order chi connectivity index (χ0) is 15.4. The number of benzene rings is 1. The molecule has 114 valence electrons. The van der Waals surface area contributed by atoms with Gasteiger partial charge in [-0.15, -0.1) is 0 Å². The largest absolute Gasteiger partial charge is 0.435 e. The second-order valence-electron chi connectivity index (χ2n) is 4.77. The summed E-state index contributed by atoms with van der Waals surface area (Å²) in [4.78, 5) is 0. The lowest BCUT2D eigenvalue weighted by Gasteiger charge is -2.12. The maximum Gasteiger partial charge on any atom is 0.387 e. The number of nitrogens with zero attached hydrogens (tertiary/aromatic N) is 2. The minimum Gasteiger partial charge on any atom is -0.435 e. The number of aryl methyl sites for hydroxylation is 2. The summed E-state index contributed by atoms with van der Waals surface area (Å²) in [5.74, 6) is 0.0785. The van der Waals surface area contributed by atoms with Crippen molar-refractivity contribution < 1.29 is 18.6 Å². The molecule has 1 N–H and O–H groups in total. The van der Waals surface area contributed by atoms with E-state index in [0.717, 1.165) is 17.8 Å². The molecule has 21 heavy (non-hydrogen) atoms. The van der Waals surface area contributed by atoms with E-state index in [4.69, 9.17) is 0 Å². The first-order valence-electron chi connectivity index (χ1n) is 6.74. The molecule has 0 saturated heterocycles. The number of aromatic nitrogens is 2. The molecule has 1 heterocycles. The lowest BCUT2D eigenvalue weighted by atomic mass is 10.0. The zero-order valence-corrected chi connectivity index (χ0v) is 12.0. The fraction of sp³-hybridized carbons (Fsp3) is 0.400. The third-order valence-electron chi connectivity index (χ3n) is 3.28. The number of hydrogen-bond donors (Lipinski definition) is 1. The van der Waals surface area contributed by atoms with E-state index in [2.05, 4.69) is 9.84 Å². The summed E-state index contributed by atoms with van der Waals surface area (Å²) in [6.45, 7) is -0.827. The first-order chi connectivity index (χ1) is 9.99. The Labute approximate surface area is 122 Å². The van der Waals surface area contributed by atoms with Gasteiger partial charge in [-0.05, 0) is 30.2 Å². The molecule has 0 amide bonds. The normalized spacial score (nSPS) is 12.7. The lowest BCUT2D eigenvalue weighted by molar-refractivity contribution is -0.0498. The van der Waals surface area contributed by atoms with E-state index in [1.165, 1.54) is 12.1 Å². The topological polar surface area (TPSA) is 47.3 Å². The van der Waals surface area contributed by atoms with E-state index in [0.29, 0.717) is 12.0 Å². The van der Waals surface area contributed by atoms with Gasteiger partial charge in [0.15, 0.2) is 0 Å². The Hall–Kier alpha value is -1.95. The molecule has 1 atom stereocenters. The fourth-order valence-electron chi connectivity index (χ4n) is 2.12. The van der Waals surface area contributed by atoms with Crippen molar-refractivity contribution in [3.63, 3.8) is 0 Å². The quantitative estimate of drug-likeness (QED) is 0.891. The van der Waals surface area contributed by atoms with Crippen LogP contribution in [0.15, 0.2) is 30.3 Å². The highest BCUT2D eigenvalue weighted by Gasteiger charge is 2.13. The monoisotopic (exact) mass is 296 g/mol. The third-order valence-corrected chi connectivity index (χ3v) is 3.28. The van der Waals surface area contributed by atoms with E-state index < -0.39 is 12.7 Å². The van der Waals surface area contributed by atoms with E-state index in [1.807, 2.05) is 20.0 Å². The summed E-state index contributed by atoms with van der Waals surface area (Å²) in [5.41, 5.74) is 2.54. The maximum absolute atomic E-state index is 12.1. The zero-order valence-electron chi connectivity index (χ0n) is 12.0. The van der Waals surface area contributed by atoms with Gasteiger partial charge in [0, 0.05) is 19.2 Å². The highest BCUT2D eigenvalue weighted by molar-refractivity contribution is 5.29. The fourth-order valence-corrected chi connectivity index (χ4v) is 2.12. The van der Waals surface area contributed by atoms with Gasteiger partial charge in [-0.2, -0.15) is 13.9 Å². The van der Waals surface area contributed by atoms with Gasteiger partial charge in [-0.3, -0.25) is 4.68 Å². The maximum atomic E-state index is 12.1. The van der Waals surface area contributed by atoms with Crippen LogP contribution in [0.1, 0.15) is 30.0 Å². The summed E-state index contributed by atoms with van der Waals surface area (Å²) in [7, 11) is 1.83. The molecule has 6 heteroatoms. The van der Waals surface area contributed by atoms with Crippen molar-refractivity contribution in [3.05, 3.63) is 47.3 Å². The Morgan fingerprint density at radius 3 is 2.48 bits per heavy atom. The van der Waals surface area contributed by atoms with Crippen molar-refractivity contribution >= 4 is 0 Å². The predicted molar refractivity (Wildman–Crippen MR) is 74.3 cm³/mol. The Morgan fingerprint density at radius 2 is 1.95 bits per heavy atom. The van der Waals surface area contributed by atoms with Crippen LogP contribution in [0.4, 0.5) is 8.78 Å². The Kier molecular flexibility index (Phi) is 4.90. The molecule has 2 rings (SSSR count). The predicted octanol–water partition coefficient (Wildman–Crippen LogP) is 2.86. The summed E-state index contributed by atoms with van der Waals surface area (Å²) >= 11 is 0. The van der Waals surface area contributed by atoms with Crippen molar-refractivity contribution in [2.45, 2.75) is 32.5 Å². The average molecular weight is 296 g/mol. The van der Waals surface area contributed by atoms with Crippen LogP contribution in [-0.4, -0.2) is 21.5 Å². The van der Waals surface area contributed by atoms with Crippen LogP contribution in [0.2, 0.25) is 0 Å². The van der Waals surface area contributed by atoms with Crippen LogP contribution in [0.5, 0.6) is 5.75 Å². The molecule has 4 nitrogen and oxygen atoms in total. The van der Waals surface area contributed by atoms with Crippen molar-refractivity contribution in [2.24, 2.45) is 7.05 Å². The minimum absolute atomic E-state index is 0.0785. The smallest absolute Gasteiger partial charge is 0.387 e. The van der Waals surface area contributed by atoms with Crippen molar-refractivity contribution in [1.29, 1.82) is 0 Å². The summed E-state index contributed by atoms with van der Waals surface area (Å²) < 4.78 is 30.2. The standard InChI is InChI=1S/C15H18F2N2O2/c1-3-11-8-12(19(2)18-11)9-14(20)10-4-6-13(7-5-10)21-15(16)17/h4-8,14-15,20H,3,9H2,1-2H3. The van der Waals surface area contributed by atoms with Crippen LogP contribution in [-0.2, 0) is 19.9 Å². The van der Waals surface area contributed by atoms with E-state index >= 15 is 0 Å². The number of hydrogen-bond acceptors (Lipinski definition) is 3. The Bertz CT molecular complexity index is 582. The van der Waals surface area contributed by atoms with Crippen molar-refractivity contribution in [3.8, 4) is 5.75 Å². The highest BCUT2D eigenvalue weighted by atomic mass is 19.3. The van der Waals surface area contributed by atoms with Crippen LogP contribution in [0, 0.1) is 0 Å². The number of alkyl halides is 2. The van der Waals surface area contributed by atoms with Gasteiger partial charge in [0.05, 0.1) is 11.8 Å². The van der Waals surface area contributed by atoms with Gasteiger partial charge in [0.25, 0.3) is 0 Å². The number of halogens is 2. The molecule has 0 saturated carbocycles. The van der Waals surface area contributed by atoms with Gasteiger partial charge in [0.2, 0.25) is 0 Å². The molecular weight excluding hydrogens is 278 g/mol. The van der Waals surface area contributed by atoms with E-state index in [-0.39, 0.29) is 5.75 Å². The minimum atomic E-state index is -2.84. The van der Waals surface area contributed by atoms with E-state index in [1.54, 1.807) is 16.8 Å². The van der Waals surface area contributed by atoms with Crippen LogP contribution in [0.25, 0.3) is 0 Å². The number of aliphatic hydroxyl groups is 1. The van der Waals surface area contributed by atoms with Gasteiger partial charge in [-0.1, -0.05) is 19.1 Å². The molecule has 0 spiro atoms. The highest BCUT2D eigenvalue weighted by Crippen LogP contribution is 2.22. The third kappa shape index (κ3) is 4.01. The van der Waals surface area contributed by atoms with Gasteiger partial charge < -0.3 is 9.84 Å². The summed E-state index contributed by atoms with van der Waals surface area (Å²) in [5, 5.41) is 14.5. The van der Waals surface area contributed by atoms with E-state index in [9.17, 15) is 13.9 Å². The first kappa shape index (κ1) is 15.4. The molecule has 1 aromatic heterocycles. The molecule has 1 unspecified atom stereocenters. The van der Waals surface area contributed by atoms with Gasteiger partial charge in [0.1, 0.15) is 5.75 Å². The molecule has 0 fully saturated rings. The second kappa shape index (κ2) is 6.67. The molecule has 0 bridgehead atoms. The molecule has 2 aromatic rings. The van der Waals surface area contributed by atoms with Gasteiger partial charge >= 0.3 is 6.61 Å². The molecule has 0 aliphatic heterocycles. The molecule has 0 aliphatic rings. The van der Waals surface area contributed by atoms with Crippen molar-refractivity contribution in [1.82, 2.24) is 9.78 Å². The summed E-state index contributed by atoms with van der Waals surface area (Å²) in [6, 6.07) is 7.97. The molecule has 1 aromatic carbocycles. The van der Waals surface area contributed by atoms with Gasteiger partial charge in [-0.25, -0.2) is 0 Å². The second-order valence-corrected chi connectivity index (χ2v) is 4.77. The van der Waals surface area contributed by atoms with Crippen molar-refractivity contribution in [2.75, 3.05) is 0 Å². The lowest BCUT2D eigenvalue weighted by Crippen LogP contribution is -2.07. The first-order valence-corrected chi connectivity index (χ1v) is 6.74. The number of aliphatic hydroxyl groups excluding tert-OH is 1. The summed E-state index contributed by atoms with van der Waals surface area (Å²) in [6.07, 6.45) is 0.535.